The van der Waals surface area contributed by atoms with Crippen molar-refractivity contribution in [2.24, 2.45) is 0 Å². The van der Waals surface area contributed by atoms with E-state index in [1.54, 1.807) is 17.0 Å². The Morgan fingerprint density at radius 3 is 2.93 bits per heavy atom. The number of hydrogen-bond donors (Lipinski definition) is 3. The van der Waals surface area contributed by atoms with Gasteiger partial charge in [0, 0.05) is 13.1 Å². The van der Waals surface area contributed by atoms with E-state index in [9.17, 15) is 15.0 Å². The zero-order chi connectivity index (χ0) is 18.9. The van der Waals surface area contributed by atoms with Crippen LogP contribution in [0.25, 0.3) is 0 Å². The van der Waals surface area contributed by atoms with Crippen LogP contribution >= 0.6 is 11.8 Å². The third-order valence-electron chi connectivity index (χ3n) is 5.22. The maximum atomic E-state index is 12.7. The van der Waals surface area contributed by atoms with Crippen molar-refractivity contribution in [3.05, 3.63) is 30.0 Å². The molecule has 2 aliphatic rings. The predicted octanol–water partition coefficient (Wildman–Crippen LogP) is 0.807. The second-order valence-electron chi connectivity index (χ2n) is 6.85. The molecular formula is C17H22N4O5S. The van der Waals surface area contributed by atoms with Crippen LogP contribution in [0.5, 0.6) is 0 Å². The maximum Gasteiger partial charge on any atom is 0.289 e. The first kappa shape index (κ1) is 18.5. The number of hydrogen-bond acceptors (Lipinski definition) is 8. The fraction of sp³-hybridized carbons (Fsp3) is 0.588. The topological polar surface area (TPSA) is 125 Å². The normalized spacial score (nSPS) is 25.0. The molecule has 2 atom stereocenters. The number of H-pyrrole nitrogens is 1. The number of aromatic amines is 1. The van der Waals surface area contributed by atoms with E-state index >= 15 is 0 Å². The Morgan fingerprint density at radius 1 is 1.37 bits per heavy atom. The van der Waals surface area contributed by atoms with Crippen LogP contribution in [-0.2, 0) is 10.5 Å². The number of amides is 1. The van der Waals surface area contributed by atoms with Crippen LogP contribution in [0.1, 0.15) is 35.6 Å². The molecule has 4 heterocycles. The van der Waals surface area contributed by atoms with Crippen LogP contribution in [-0.4, -0.2) is 73.7 Å². The summed E-state index contributed by atoms with van der Waals surface area (Å²) in [5.41, 5.74) is -0.753. The first-order valence-corrected chi connectivity index (χ1v) is 9.92. The van der Waals surface area contributed by atoms with Gasteiger partial charge in [-0.3, -0.25) is 9.89 Å². The number of nitrogens with one attached hydrogen (secondary N) is 1. The molecule has 9 nitrogen and oxygen atoms in total. The Balaban J connectivity index is 1.34. The van der Waals surface area contributed by atoms with Gasteiger partial charge in [-0.05, 0) is 31.4 Å². The minimum atomic E-state index is -0.910. The number of likely N-dealkylation sites (tertiary alicyclic amines) is 1. The smallest absolute Gasteiger partial charge is 0.289 e. The Bertz CT molecular complexity index is 772. The van der Waals surface area contributed by atoms with Crippen LogP contribution in [0.4, 0.5) is 0 Å². The molecule has 3 N–H and O–H groups in total. The maximum absolute atomic E-state index is 12.7. The molecule has 2 aliphatic heterocycles. The standard InChI is InChI=1S/C17H22N4O5S/c22-12-3-8-25-17(14(12)23)4-6-21(7-5-17)15(24)13-2-1-11(26-13)9-27-16-18-10-19-20-16/h1-2,10,12,14,22-23H,3-9H2,(H,18,19,20)/t12-,14-/m0/s1. The highest BCUT2D eigenvalue weighted by molar-refractivity contribution is 7.98. The minimum absolute atomic E-state index is 0.174. The molecule has 0 radical (unpaired) electrons. The molecule has 0 aliphatic carbocycles. The molecule has 0 unspecified atom stereocenters. The van der Waals surface area contributed by atoms with E-state index in [4.69, 9.17) is 9.15 Å². The molecule has 27 heavy (non-hydrogen) atoms. The minimum Gasteiger partial charge on any atom is -0.455 e. The third kappa shape index (κ3) is 3.75. The van der Waals surface area contributed by atoms with E-state index in [1.807, 2.05) is 0 Å². The molecule has 2 aromatic heterocycles. The van der Waals surface area contributed by atoms with Crippen molar-refractivity contribution >= 4 is 17.7 Å². The predicted molar refractivity (Wildman–Crippen MR) is 95.1 cm³/mol. The van der Waals surface area contributed by atoms with Crippen LogP contribution in [0.15, 0.2) is 28.0 Å². The van der Waals surface area contributed by atoms with Crippen molar-refractivity contribution in [1.29, 1.82) is 0 Å². The van der Waals surface area contributed by atoms with Crippen molar-refractivity contribution in [3.63, 3.8) is 0 Å². The summed E-state index contributed by atoms with van der Waals surface area (Å²) >= 11 is 1.44. The molecule has 0 aromatic carbocycles. The van der Waals surface area contributed by atoms with Gasteiger partial charge in [0.2, 0.25) is 0 Å². The molecule has 10 heteroatoms. The Morgan fingerprint density at radius 2 is 2.19 bits per heavy atom. The van der Waals surface area contributed by atoms with Crippen molar-refractivity contribution in [2.75, 3.05) is 19.7 Å². The summed E-state index contributed by atoms with van der Waals surface area (Å²) in [6.45, 7) is 1.33. The summed E-state index contributed by atoms with van der Waals surface area (Å²) in [5.74, 6) is 1.35. The van der Waals surface area contributed by atoms with E-state index < -0.39 is 17.8 Å². The number of nitrogens with zero attached hydrogens (tertiary/aromatic N) is 3. The number of piperidine rings is 1. The largest absolute Gasteiger partial charge is 0.455 e. The van der Waals surface area contributed by atoms with Crippen LogP contribution in [0.2, 0.25) is 0 Å². The van der Waals surface area contributed by atoms with Crippen LogP contribution in [0.3, 0.4) is 0 Å². The van der Waals surface area contributed by atoms with Crippen molar-refractivity contribution in [1.82, 2.24) is 20.1 Å². The van der Waals surface area contributed by atoms with Gasteiger partial charge in [0.05, 0.1) is 24.1 Å². The van der Waals surface area contributed by atoms with Gasteiger partial charge < -0.3 is 24.3 Å². The van der Waals surface area contributed by atoms with Gasteiger partial charge in [0.25, 0.3) is 5.91 Å². The van der Waals surface area contributed by atoms with Gasteiger partial charge >= 0.3 is 0 Å². The van der Waals surface area contributed by atoms with Crippen molar-refractivity contribution in [2.45, 2.75) is 48.0 Å². The fourth-order valence-electron chi connectivity index (χ4n) is 3.63. The molecule has 1 amide bonds. The molecule has 0 saturated carbocycles. The molecular weight excluding hydrogens is 372 g/mol. The van der Waals surface area contributed by atoms with Gasteiger partial charge in [0.1, 0.15) is 18.2 Å². The summed E-state index contributed by atoms with van der Waals surface area (Å²) in [4.78, 5) is 18.4. The highest BCUT2D eigenvalue weighted by Crippen LogP contribution is 2.36. The van der Waals surface area contributed by atoms with Gasteiger partial charge in [-0.2, -0.15) is 5.10 Å². The van der Waals surface area contributed by atoms with E-state index in [2.05, 4.69) is 15.2 Å². The quantitative estimate of drug-likeness (QED) is 0.651. The number of aromatic nitrogens is 3. The monoisotopic (exact) mass is 394 g/mol. The zero-order valence-electron chi connectivity index (χ0n) is 14.7. The molecule has 146 valence electrons. The molecule has 0 bridgehead atoms. The van der Waals surface area contributed by atoms with E-state index in [-0.39, 0.29) is 5.91 Å². The van der Waals surface area contributed by atoms with Crippen molar-refractivity contribution < 1.29 is 24.2 Å². The first-order chi connectivity index (χ1) is 13.1. The second kappa shape index (κ2) is 7.63. The summed E-state index contributed by atoms with van der Waals surface area (Å²) < 4.78 is 11.5. The number of rotatable bonds is 4. The third-order valence-corrected chi connectivity index (χ3v) is 6.12. The van der Waals surface area contributed by atoms with E-state index in [0.29, 0.717) is 61.4 Å². The first-order valence-electron chi connectivity index (χ1n) is 8.94. The van der Waals surface area contributed by atoms with E-state index in [0.717, 1.165) is 0 Å². The number of aliphatic hydroxyl groups excluding tert-OH is 2. The van der Waals surface area contributed by atoms with Crippen LogP contribution < -0.4 is 0 Å². The van der Waals surface area contributed by atoms with Gasteiger partial charge in [-0.25, -0.2) is 4.98 Å². The lowest BCUT2D eigenvalue weighted by molar-refractivity contribution is -0.212. The Hall–Kier alpha value is -1.88. The highest BCUT2D eigenvalue weighted by Gasteiger charge is 2.48. The Kier molecular flexibility index (Phi) is 5.22. The summed E-state index contributed by atoms with van der Waals surface area (Å²) in [6.07, 6.45) is 1.18. The van der Waals surface area contributed by atoms with Gasteiger partial charge in [-0.15, -0.1) is 0 Å². The molecule has 1 spiro atoms. The number of aliphatic hydroxyl groups is 2. The number of thioether (sulfide) groups is 1. The number of carbonyl (C=O) groups is 1. The summed E-state index contributed by atoms with van der Waals surface area (Å²) in [6, 6.07) is 3.46. The number of furan rings is 1. The number of carbonyl (C=O) groups excluding carboxylic acids is 1. The average molecular weight is 394 g/mol. The highest BCUT2D eigenvalue weighted by atomic mass is 32.2. The van der Waals surface area contributed by atoms with E-state index in [1.165, 1.54) is 18.1 Å². The second-order valence-corrected chi connectivity index (χ2v) is 7.82. The molecule has 2 saturated heterocycles. The fourth-order valence-corrected chi connectivity index (χ4v) is 4.31. The summed E-state index contributed by atoms with van der Waals surface area (Å²) in [5, 5.41) is 27.5. The van der Waals surface area contributed by atoms with Gasteiger partial charge in [-0.1, -0.05) is 11.8 Å². The molecule has 2 fully saturated rings. The zero-order valence-corrected chi connectivity index (χ0v) is 15.5. The lowest BCUT2D eigenvalue weighted by Crippen LogP contribution is -2.60. The van der Waals surface area contributed by atoms with Crippen molar-refractivity contribution in [3.8, 4) is 0 Å². The lowest BCUT2D eigenvalue weighted by Gasteiger charge is -2.48. The van der Waals surface area contributed by atoms with Gasteiger partial charge in [0.15, 0.2) is 10.9 Å². The Labute approximate surface area is 160 Å². The SMILES string of the molecule is O=C(c1ccc(CSc2ncn[nH]2)o1)N1CCC2(CC1)OCC[C@H](O)[C@@H]2O. The summed E-state index contributed by atoms with van der Waals surface area (Å²) in [7, 11) is 0. The molecule has 4 rings (SSSR count). The van der Waals surface area contributed by atoms with Crippen LogP contribution in [0, 0.1) is 0 Å². The average Bonchev–Trinajstić information content (AvgIpc) is 3.36. The number of ether oxygens (including phenoxy) is 1. The molecule has 2 aromatic rings. The lowest BCUT2D eigenvalue weighted by atomic mass is 9.80.